The Kier molecular flexibility index (Phi) is 4.53. The number of hydrogen-bond acceptors (Lipinski definition) is 7. The summed E-state index contributed by atoms with van der Waals surface area (Å²) < 4.78 is 6.53. The average Bonchev–Trinajstić information content (AvgIpc) is 3.66. The third-order valence-electron chi connectivity index (χ3n) is 10.1. The largest absolute Gasteiger partial charge is 0.505 e. The molecule has 3 aromatic rings. The summed E-state index contributed by atoms with van der Waals surface area (Å²) in [5, 5.41) is 38.7. The topological polar surface area (TPSA) is 115 Å². The van der Waals surface area contributed by atoms with E-state index in [0.717, 1.165) is 41.9 Å². The second-order valence-electron chi connectivity index (χ2n) is 12.0. The molecule has 5 aliphatic rings. The number of carbonyl (C=O) groups is 1. The summed E-state index contributed by atoms with van der Waals surface area (Å²) in [6.07, 6.45) is 6.07. The van der Waals surface area contributed by atoms with Gasteiger partial charge in [0, 0.05) is 35.1 Å². The van der Waals surface area contributed by atoms with Crippen LogP contribution in [0.1, 0.15) is 53.7 Å². The van der Waals surface area contributed by atoms with Crippen LogP contribution in [0.15, 0.2) is 42.6 Å². The number of amides is 1. The zero-order valence-corrected chi connectivity index (χ0v) is 21.1. The molecule has 1 saturated heterocycles. The number of aromatic nitrogens is 1. The Balaban J connectivity index is 1.18. The van der Waals surface area contributed by atoms with Crippen LogP contribution >= 0.6 is 0 Å². The fraction of sp³-hybridized carbons (Fsp3) is 0.467. The van der Waals surface area contributed by atoms with Gasteiger partial charge in [-0.05, 0) is 62.6 Å². The highest BCUT2D eigenvalue weighted by molar-refractivity contribution is 6.01. The Morgan fingerprint density at radius 1 is 1.13 bits per heavy atom. The van der Waals surface area contributed by atoms with E-state index in [1.165, 1.54) is 12.8 Å². The summed E-state index contributed by atoms with van der Waals surface area (Å²) in [6, 6.07) is 10.5. The van der Waals surface area contributed by atoms with Gasteiger partial charge in [0.2, 0.25) is 0 Å². The standard InChI is InChI=1S/C30H31N3O5/c34-21-8-7-17-13-22-30(37)10-9-20(32-28(36)24-25(35)19-4-2-1-3-18(19)14-31-24)27-29(30,23(17)26(21)38-27)11-12-33(22)15-16-5-6-16/h1-4,7-8,14,16,20,22,27,34-35,37H,5-6,9-13,15H2,(H,32,36)/t20-,22-,27+,29+,30-/m1/s1. The van der Waals surface area contributed by atoms with Crippen molar-refractivity contribution < 1.29 is 24.9 Å². The molecule has 2 aliphatic heterocycles. The van der Waals surface area contributed by atoms with E-state index in [1.807, 2.05) is 24.3 Å². The number of ether oxygens (including phenoxy) is 1. The Hall–Kier alpha value is -3.36. The molecule has 8 heteroatoms. The minimum atomic E-state index is -1.01. The van der Waals surface area contributed by atoms with E-state index in [4.69, 9.17) is 4.74 Å². The number of benzene rings is 2. The minimum Gasteiger partial charge on any atom is -0.505 e. The van der Waals surface area contributed by atoms with Crippen LogP contribution in [0.25, 0.3) is 10.8 Å². The molecule has 1 aromatic heterocycles. The highest BCUT2D eigenvalue weighted by Gasteiger charge is 2.73. The molecule has 196 valence electrons. The molecule has 4 N–H and O–H groups in total. The van der Waals surface area contributed by atoms with Gasteiger partial charge in [0.05, 0.1) is 17.1 Å². The van der Waals surface area contributed by atoms with Gasteiger partial charge in [0.25, 0.3) is 5.91 Å². The van der Waals surface area contributed by atoms with E-state index in [2.05, 4.69) is 15.2 Å². The van der Waals surface area contributed by atoms with Gasteiger partial charge in [-0.25, -0.2) is 4.98 Å². The number of piperidine rings is 1. The molecule has 3 heterocycles. The second kappa shape index (κ2) is 7.61. The summed E-state index contributed by atoms with van der Waals surface area (Å²) in [5.41, 5.74) is 0.298. The molecular formula is C30H31N3O5. The number of likely N-dealkylation sites (tertiary alicyclic amines) is 1. The number of pyridine rings is 1. The maximum atomic E-state index is 13.5. The molecule has 8 rings (SSSR count). The van der Waals surface area contributed by atoms with Gasteiger partial charge in [-0.15, -0.1) is 0 Å². The summed E-state index contributed by atoms with van der Waals surface area (Å²) in [5.74, 6) is 0.633. The first-order valence-electron chi connectivity index (χ1n) is 13.8. The first kappa shape index (κ1) is 22.6. The first-order valence-corrected chi connectivity index (χ1v) is 13.8. The van der Waals surface area contributed by atoms with Crippen LogP contribution < -0.4 is 10.1 Å². The Labute approximate surface area is 220 Å². The van der Waals surface area contributed by atoms with Gasteiger partial charge in [0.1, 0.15) is 6.10 Å². The minimum absolute atomic E-state index is 0.0196. The second-order valence-corrected chi connectivity index (χ2v) is 12.0. The summed E-state index contributed by atoms with van der Waals surface area (Å²) in [6.45, 7) is 1.87. The molecule has 38 heavy (non-hydrogen) atoms. The normalized spacial score (nSPS) is 33.0. The van der Waals surface area contributed by atoms with E-state index < -0.39 is 29.1 Å². The number of nitrogens with one attached hydrogen (secondary N) is 1. The van der Waals surface area contributed by atoms with Crippen molar-refractivity contribution in [1.29, 1.82) is 0 Å². The van der Waals surface area contributed by atoms with Crippen LogP contribution in [0.4, 0.5) is 0 Å². The van der Waals surface area contributed by atoms with Crippen LogP contribution in [0.5, 0.6) is 17.2 Å². The Morgan fingerprint density at radius 2 is 1.97 bits per heavy atom. The van der Waals surface area contributed by atoms with Crippen molar-refractivity contribution in [2.45, 2.75) is 67.7 Å². The molecule has 0 unspecified atom stereocenters. The first-order chi connectivity index (χ1) is 18.4. The van der Waals surface area contributed by atoms with Crippen molar-refractivity contribution in [3.63, 3.8) is 0 Å². The van der Waals surface area contributed by atoms with Gasteiger partial charge >= 0.3 is 0 Å². The van der Waals surface area contributed by atoms with E-state index in [9.17, 15) is 20.1 Å². The lowest BCUT2D eigenvalue weighted by Crippen LogP contribution is -2.78. The van der Waals surface area contributed by atoms with Crippen LogP contribution in [0.3, 0.4) is 0 Å². The van der Waals surface area contributed by atoms with Crippen LogP contribution in [0, 0.1) is 5.92 Å². The molecule has 2 aromatic carbocycles. The van der Waals surface area contributed by atoms with Crippen molar-refractivity contribution in [2.24, 2.45) is 5.92 Å². The molecule has 2 bridgehead atoms. The van der Waals surface area contributed by atoms with Crippen molar-refractivity contribution in [1.82, 2.24) is 15.2 Å². The van der Waals surface area contributed by atoms with Crippen molar-refractivity contribution >= 4 is 16.7 Å². The van der Waals surface area contributed by atoms with Gasteiger partial charge in [-0.2, -0.15) is 0 Å². The van der Waals surface area contributed by atoms with Crippen LogP contribution in [-0.2, 0) is 11.8 Å². The highest BCUT2D eigenvalue weighted by Crippen LogP contribution is 2.65. The zero-order chi connectivity index (χ0) is 25.8. The van der Waals surface area contributed by atoms with Gasteiger partial charge in [-0.1, -0.05) is 30.3 Å². The summed E-state index contributed by atoms with van der Waals surface area (Å²) in [7, 11) is 0. The monoisotopic (exact) mass is 513 g/mol. The number of hydrogen-bond donors (Lipinski definition) is 4. The predicted octanol–water partition coefficient (Wildman–Crippen LogP) is 3.01. The summed E-state index contributed by atoms with van der Waals surface area (Å²) in [4.78, 5) is 20.2. The smallest absolute Gasteiger partial charge is 0.274 e. The molecule has 3 fully saturated rings. The molecule has 8 nitrogen and oxygen atoms in total. The number of phenolic OH excluding ortho intramolecular Hbond substituents is 1. The Bertz CT molecular complexity index is 1500. The lowest BCUT2D eigenvalue weighted by atomic mass is 9.48. The van der Waals surface area contributed by atoms with Gasteiger partial charge < -0.3 is 25.4 Å². The number of aliphatic hydroxyl groups is 1. The average molecular weight is 514 g/mol. The van der Waals surface area contributed by atoms with E-state index in [-0.39, 0.29) is 23.2 Å². The summed E-state index contributed by atoms with van der Waals surface area (Å²) >= 11 is 0. The number of aromatic hydroxyl groups is 2. The fourth-order valence-corrected chi connectivity index (χ4v) is 8.18. The Morgan fingerprint density at radius 3 is 2.82 bits per heavy atom. The lowest BCUT2D eigenvalue weighted by molar-refractivity contribution is -0.191. The molecule has 3 aliphatic carbocycles. The molecular weight excluding hydrogens is 482 g/mol. The third kappa shape index (κ3) is 2.82. The van der Waals surface area contributed by atoms with Crippen molar-refractivity contribution in [3.8, 4) is 17.2 Å². The third-order valence-corrected chi connectivity index (χ3v) is 10.1. The molecule has 1 spiro atoms. The van der Waals surface area contributed by atoms with E-state index in [1.54, 1.807) is 18.3 Å². The number of phenols is 1. The molecule has 1 amide bonds. The maximum absolute atomic E-state index is 13.5. The van der Waals surface area contributed by atoms with Crippen molar-refractivity contribution in [2.75, 3.05) is 13.1 Å². The molecule has 0 radical (unpaired) electrons. The van der Waals surface area contributed by atoms with E-state index in [0.29, 0.717) is 30.4 Å². The predicted molar refractivity (Wildman–Crippen MR) is 139 cm³/mol. The fourth-order valence-electron chi connectivity index (χ4n) is 8.18. The van der Waals surface area contributed by atoms with Crippen molar-refractivity contribution in [3.05, 3.63) is 59.4 Å². The van der Waals surface area contributed by atoms with Crippen LogP contribution in [-0.4, -0.2) is 68.0 Å². The zero-order valence-electron chi connectivity index (χ0n) is 21.1. The SMILES string of the molecule is O=C(N[C@@H]1CC[C@@]2(O)[C@H]3Cc4ccc(O)c5c4[C@@]2(CCN3CC2CC2)[C@H]1O5)c1ncc2ccccc2c1O. The molecule has 2 saturated carbocycles. The maximum Gasteiger partial charge on any atom is 0.274 e. The highest BCUT2D eigenvalue weighted by atomic mass is 16.5. The number of rotatable bonds is 4. The quantitative estimate of drug-likeness (QED) is 0.424. The molecule has 5 atom stereocenters. The number of nitrogens with zero attached hydrogens (tertiary/aromatic N) is 2. The van der Waals surface area contributed by atoms with Crippen LogP contribution in [0.2, 0.25) is 0 Å². The van der Waals surface area contributed by atoms with Gasteiger partial charge in [0.15, 0.2) is 22.9 Å². The number of fused-ring (bicyclic) bond motifs is 1. The van der Waals surface area contributed by atoms with E-state index >= 15 is 0 Å². The lowest BCUT2D eigenvalue weighted by Gasteiger charge is -2.64. The number of carbonyl (C=O) groups excluding carboxylic acids is 1. The van der Waals surface area contributed by atoms with Gasteiger partial charge in [-0.3, -0.25) is 9.69 Å².